The molecule has 1 heterocycles. The highest BCUT2D eigenvalue weighted by Gasteiger charge is 1.96. The minimum Gasteiger partial charge on any atom is -0.367 e. The second-order valence-corrected chi connectivity index (χ2v) is 3.17. The van der Waals surface area contributed by atoms with Crippen molar-refractivity contribution in [1.82, 2.24) is 15.1 Å². The van der Waals surface area contributed by atoms with E-state index >= 15 is 0 Å². The van der Waals surface area contributed by atoms with Crippen molar-refractivity contribution in [2.24, 2.45) is 0 Å². The lowest BCUT2D eigenvalue weighted by Crippen LogP contribution is -2.21. The summed E-state index contributed by atoms with van der Waals surface area (Å²) in [4.78, 5) is 2.06. The molecule has 0 saturated carbocycles. The lowest BCUT2D eigenvalue weighted by molar-refractivity contribution is 0.425. The van der Waals surface area contributed by atoms with E-state index in [1.165, 1.54) is 6.20 Å². The molecule has 0 aliphatic carbocycles. The summed E-state index contributed by atoms with van der Waals surface area (Å²) in [7, 11) is 4.00. The molecular formula is C9H13N5. The first-order valence-corrected chi connectivity index (χ1v) is 4.34. The van der Waals surface area contributed by atoms with Gasteiger partial charge in [0.25, 0.3) is 0 Å². The molecule has 0 aromatic carbocycles. The number of aromatic nitrogens is 2. The quantitative estimate of drug-likeness (QED) is 0.742. The van der Waals surface area contributed by atoms with Crippen LogP contribution < -0.4 is 5.32 Å². The molecule has 0 spiro atoms. The Kier molecular flexibility index (Phi) is 3.83. The van der Waals surface area contributed by atoms with Crippen LogP contribution in [0.3, 0.4) is 0 Å². The van der Waals surface area contributed by atoms with E-state index in [2.05, 4.69) is 20.4 Å². The zero-order valence-corrected chi connectivity index (χ0v) is 8.36. The Hall–Kier alpha value is -1.67. The van der Waals surface area contributed by atoms with E-state index in [-0.39, 0.29) is 0 Å². The molecule has 1 rings (SSSR count). The SMILES string of the molecule is CN(C)CCNc1cc(C#N)cnn1. The molecule has 0 fully saturated rings. The molecule has 0 saturated heterocycles. The highest BCUT2D eigenvalue weighted by Crippen LogP contribution is 2.02. The maximum Gasteiger partial charge on any atom is 0.150 e. The van der Waals surface area contributed by atoms with Crippen LogP contribution in [0, 0.1) is 11.3 Å². The van der Waals surface area contributed by atoms with Crippen LogP contribution in [0.15, 0.2) is 12.3 Å². The Labute approximate surface area is 83.4 Å². The van der Waals surface area contributed by atoms with Crippen LogP contribution in [-0.4, -0.2) is 42.3 Å². The molecule has 0 bridgehead atoms. The normalized spacial score (nSPS) is 9.86. The summed E-state index contributed by atoms with van der Waals surface area (Å²) in [6.07, 6.45) is 1.44. The largest absolute Gasteiger partial charge is 0.367 e. The van der Waals surface area contributed by atoms with Gasteiger partial charge in [0.2, 0.25) is 0 Å². The first kappa shape index (κ1) is 10.4. The van der Waals surface area contributed by atoms with Gasteiger partial charge in [0.15, 0.2) is 0 Å². The Morgan fingerprint density at radius 3 is 3.00 bits per heavy atom. The summed E-state index contributed by atoms with van der Waals surface area (Å²) in [5.41, 5.74) is 0.521. The summed E-state index contributed by atoms with van der Waals surface area (Å²) in [6.45, 7) is 1.70. The Bertz CT molecular complexity index is 328. The van der Waals surface area contributed by atoms with Crippen molar-refractivity contribution in [2.45, 2.75) is 0 Å². The molecule has 1 aromatic heterocycles. The van der Waals surface area contributed by atoms with Gasteiger partial charge in [-0.25, -0.2) is 0 Å². The lowest BCUT2D eigenvalue weighted by atomic mass is 10.3. The molecule has 1 N–H and O–H groups in total. The van der Waals surface area contributed by atoms with Crippen LogP contribution in [0.2, 0.25) is 0 Å². The van der Waals surface area contributed by atoms with Gasteiger partial charge in [-0.05, 0) is 14.1 Å². The van der Waals surface area contributed by atoms with Gasteiger partial charge in [-0.15, -0.1) is 5.10 Å². The van der Waals surface area contributed by atoms with Gasteiger partial charge in [0.05, 0.1) is 11.8 Å². The van der Waals surface area contributed by atoms with Crippen molar-refractivity contribution in [3.05, 3.63) is 17.8 Å². The number of rotatable bonds is 4. The summed E-state index contributed by atoms with van der Waals surface area (Å²) >= 11 is 0. The molecule has 1 aromatic rings. The Morgan fingerprint density at radius 2 is 2.36 bits per heavy atom. The number of likely N-dealkylation sites (N-methyl/N-ethyl adjacent to an activating group) is 1. The van der Waals surface area contributed by atoms with E-state index < -0.39 is 0 Å². The summed E-state index contributed by atoms with van der Waals surface area (Å²) in [6, 6.07) is 3.70. The zero-order valence-electron chi connectivity index (χ0n) is 8.36. The van der Waals surface area contributed by atoms with Crippen LogP contribution in [0.5, 0.6) is 0 Å². The minimum atomic E-state index is 0.521. The van der Waals surface area contributed by atoms with Crippen molar-refractivity contribution < 1.29 is 0 Å². The predicted molar refractivity (Wildman–Crippen MR) is 53.8 cm³/mol. The maximum atomic E-state index is 8.62. The fourth-order valence-electron chi connectivity index (χ4n) is 0.922. The number of nitrogens with zero attached hydrogens (tertiary/aromatic N) is 4. The van der Waals surface area contributed by atoms with Crippen molar-refractivity contribution in [1.29, 1.82) is 5.26 Å². The Balaban J connectivity index is 2.47. The van der Waals surface area contributed by atoms with Crippen LogP contribution in [0.4, 0.5) is 5.82 Å². The van der Waals surface area contributed by atoms with Gasteiger partial charge in [0, 0.05) is 19.2 Å². The van der Waals surface area contributed by atoms with Crippen molar-refractivity contribution >= 4 is 5.82 Å². The molecule has 5 heteroatoms. The van der Waals surface area contributed by atoms with Crippen molar-refractivity contribution in [2.75, 3.05) is 32.5 Å². The second kappa shape index (κ2) is 5.14. The van der Waals surface area contributed by atoms with Gasteiger partial charge in [-0.3, -0.25) is 0 Å². The molecule has 74 valence electrons. The molecule has 14 heavy (non-hydrogen) atoms. The zero-order chi connectivity index (χ0) is 10.4. The summed E-state index contributed by atoms with van der Waals surface area (Å²) in [5, 5.41) is 19.3. The number of hydrogen-bond donors (Lipinski definition) is 1. The van der Waals surface area contributed by atoms with Crippen LogP contribution in [0.25, 0.3) is 0 Å². The molecular weight excluding hydrogens is 178 g/mol. The third-order valence-corrected chi connectivity index (χ3v) is 1.65. The average Bonchev–Trinajstić information content (AvgIpc) is 2.18. The van der Waals surface area contributed by atoms with Crippen LogP contribution >= 0.6 is 0 Å². The number of hydrogen-bond acceptors (Lipinski definition) is 5. The first-order chi connectivity index (χ1) is 6.72. The third-order valence-electron chi connectivity index (χ3n) is 1.65. The summed E-state index contributed by atoms with van der Waals surface area (Å²) in [5.74, 6) is 0.644. The van der Waals surface area contributed by atoms with Crippen molar-refractivity contribution in [3.63, 3.8) is 0 Å². The topological polar surface area (TPSA) is 64.8 Å². The van der Waals surface area contributed by atoms with Crippen molar-refractivity contribution in [3.8, 4) is 6.07 Å². The van der Waals surface area contributed by atoms with Crippen LogP contribution in [0.1, 0.15) is 5.56 Å². The fraction of sp³-hybridized carbons (Fsp3) is 0.444. The number of nitrogens with one attached hydrogen (secondary N) is 1. The second-order valence-electron chi connectivity index (χ2n) is 3.17. The van der Waals surface area contributed by atoms with Gasteiger partial charge in [-0.2, -0.15) is 10.4 Å². The monoisotopic (exact) mass is 191 g/mol. The average molecular weight is 191 g/mol. The molecule has 0 aliphatic heterocycles. The molecule has 0 amide bonds. The van der Waals surface area contributed by atoms with E-state index in [9.17, 15) is 0 Å². The van der Waals surface area contributed by atoms with Gasteiger partial charge < -0.3 is 10.2 Å². The first-order valence-electron chi connectivity index (χ1n) is 4.34. The third kappa shape index (κ3) is 3.37. The fourth-order valence-corrected chi connectivity index (χ4v) is 0.922. The van der Waals surface area contributed by atoms with Crippen LogP contribution in [-0.2, 0) is 0 Å². The lowest BCUT2D eigenvalue weighted by Gasteiger charge is -2.10. The number of nitriles is 1. The van der Waals surface area contributed by atoms with E-state index in [0.717, 1.165) is 13.1 Å². The molecule has 0 aliphatic rings. The Morgan fingerprint density at radius 1 is 1.57 bits per heavy atom. The smallest absolute Gasteiger partial charge is 0.150 e. The highest BCUT2D eigenvalue weighted by atomic mass is 15.2. The molecule has 0 unspecified atom stereocenters. The van der Waals surface area contributed by atoms with Gasteiger partial charge in [-0.1, -0.05) is 0 Å². The molecule has 0 radical (unpaired) electrons. The standard InChI is InChI=1S/C9H13N5/c1-14(2)4-3-11-9-5-8(6-10)7-12-13-9/h5,7H,3-4H2,1-2H3,(H,11,13). The van der Waals surface area contributed by atoms with Gasteiger partial charge >= 0.3 is 0 Å². The summed E-state index contributed by atoms with van der Waals surface area (Å²) < 4.78 is 0. The van der Waals surface area contributed by atoms with Gasteiger partial charge in [0.1, 0.15) is 11.9 Å². The maximum absolute atomic E-state index is 8.62. The molecule has 5 nitrogen and oxygen atoms in total. The minimum absolute atomic E-state index is 0.521. The van der Waals surface area contributed by atoms with E-state index in [4.69, 9.17) is 5.26 Å². The van der Waals surface area contributed by atoms with E-state index in [0.29, 0.717) is 11.4 Å². The van der Waals surface area contributed by atoms with E-state index in [1.807, 2.05) is 20.2 Å². The highest BCUT2D eigenvalue weighted by molar-refractivity contribution is 5.40. The number of anilines is 1. The van der Waals surface area contributed by atoms with E-state index in [1.54, 1.807) is 6.07 Å². The molecule has 0 atom stereocenters. The predicted octanol–water partition coefficient (Wildman–Crippen LogP) is 0.322.